The van der Waals surface area contributed by atoms with Crippen molar-refractivity contribution >= 4 is 34.5 Å². The molecule has 0 radical (unpaired) electrons. The molecule has 1 aromatic rings. The van der Waals surface area contributed by atoms with Crippen molar-refractivity contribution in [2.45, 2.75) is 23.9 Å². The fraction of sp³-hybridized carbons (Fsp3) is 0.467. The first kappa shape index (κ1) is 18.9. The van der Waals surface area contributed by atoms with Gasteiger partial charge in [0.05, 0.1) is 5.02 Å². The Labute approximate surface area is 146 Å². The van der Waals surface area contributed by atoms with Crippen LogP contribution in [-0.2, 0) is 17.6 Å². The predicted molar refractivity (Wildman–Crippen MR) is 86.4 cm³/mol. The van der Waals surface area contributed by atoms with Gasteiger partial charge in [-0.05, 0) is 41.8 Å². The van der Waals surface area contributed by atoms with E-state index in [0.717, 1.165) is 27.8 Å². The molecule has 2 amide bonds. The van der Waals surface area contributed by atoms with Crippen LogP contribution < -0.4 is 0 Å². The number of fused-ring (bicyclic) bond motifs is 1. The minimum Gasteiger partial charge on any atom is -0.339 e. The summed E-state index contributed by atoms with van der Waals surface area (Å²) in [6, 6.07) is 3.37. The van der Waals surface area contributed by atoms with Crippen LogP contribution in [-0.4, -0.2) is 54.3 Å². The summed E-state index contributed by atoms with van der Waals surface area (Å²) >= 11 is 7.13. The SMILES string of the molecule is CN(C)C(=O)Sc1c(Cl)ccc2c1CCN(C(=O)C(F)(F)F)CC2. The molecule has 0 saturated heterocycles. The molecule has 0 aliphatic carbocycles. The maximum atomic E-state index is 12.6. The predicted octanol–water partition coefficient (Wildman–Crippen LogP) is 3.60. The van der Waals surface area contributed by atoms with Gasteiger partial charge < -0.3 is 9.80 Å². The standard InChI is InChI=1S/C15H16ClF3N2O2S/c1-20(2)14(23)24-12-10-6-8-21(13(22)15(17,18)19)7-5-9(10)3-4-11(12)16/h3-4H,5-8H2,1-2H3. The second-order valence-electron chi connectivity index (χ2n) is 5.57. The number of thioether (sulfide) groups is 1. The third kappa shape index (κ3) is 4.16. The molecular formula is C15H16ClF3N2O2S. The lowest BCUT2D eigenvalue weighted by Gasteiger charge is -2.21. The van der Waals surface area contributed by atoms with E-state index in [1.165, 1.54) is 4.90 Å². The molecule has 0 bridgehead atoms. The van der Waals surface area contributed by atoms with E-state index >= 15 is 0 Å². The zero-order valence-electron chi connectivity index (χ0n) is 13.1. The summed E-state index contributed by atoms with van der Waals surface area (Å²) in [6.45, 7) is -0.0753. The Balaban J connectivity index is 2.28. The fourth-order valence-corrected chi connectivity index (χ4v) is 3.61. The summed E-state index contributed by atoms with van der Waals surface area (Å²) in [5.41, 5.74) is 1.55. The summed E-state index contributed by atoms with van der Waals surface area (Å²) < 4.78 is 37.9. The van der Waals surface area contributed by atoms with Crippen molar-refractivity contribution < 1.29 is 22.8 Å². The lowest BCUT2D eigenvalue weighted by Crippen LogP contribution is -2.42. The van der Waals surface area contributed by atoms with E-state index in [1.54, 1.807) is 26.2 Å². The number of nitrogens with zero attached hydrogens (tertiary/aromatic N) is 2. The zero-order valence-corrected chi connectivity index (χ0v) is 14.7. The highest BCUT2D eigenvalue weighted by Crippen LogP contribution is 2.36. The van der Waals surface area contributed by atoms with Crippen molar-refractivity contribution in [2.24, 2.45) is 0 Å². The van der Waals surface area contributed by atoms with Crippen LogP contribution in [0.25, 0.3) is 0 Å². The van der Waals surface area contributed by atoms with E-state index in [2.05, 4.69) is 0 Å². The van der Waals surface area contributed by atoms with E-state index in [1.807, 2.05) is 0 Å². The zero-order chi connectivity index (χ0) is 18.1. The molecule has 1 aliphatic heterocycles. The Morgan fingerprint density at radius 1 is 1.21 bits per heavy atom. The van der Waals surface area contributed by atoms with Crippen LogP contribution in [0.2, 0.25) is 5.02 Å². The van der Waals surface area contributed by atoms with Crippen LogP contribution >= 0.6 is 23.4 Å². The second-order valence-corrected chi connectivity index (χ2v) is 6.94. The molecule has 1 aromatic carbocycles. The van der Waals surface area contributed by atoms with Gasteiger partial charge in [0.15, 0.2) is 0 Å². The lowest BCUT2D eigenvalue weighted by molar-refractivity contribution is -0.185. The molecule has 0 unspecified atom stereocenters. The number of rotatable bonds is 1. The third-order valence-corrected chi connectivity index (χ3v) is 5.31. The molecule has 0 saturated carbocycles. The first-order chi connectivity index (χ1) is 11.1. The van der Waals surface area contributed by atoms with Crippen molar-refractivity contribution in [1.82, 2.24) is 9.80 Å². The van der Waals surface area contributed by atoms with Gasteiger partial charge in [0.1, 0.15) is 0 Å². The number of amides is 2. The molecule has 1 heterocycles. The number of hydrogen-bond acceptors (Lipinski definition) is 3. The van der Waals surface area contributed by atoms with Crippen LogP contribution in [0.1, 0.15) is 11.1 Å². The number of hydrogen-bond donors (Lipinski definition) is 0. The molecule has 2 rings (SSSR count). The maximum absolute atomic E-state index is 12.6. The Morgan fingerprint density at radius 2 is 1.83 bits per heavy atom. The molecule has 0 spiro atoms. The van der Waals surface area contributed by atoms with Gasteiger partial charge in [-0.15, -0.1) is 0 Å². The van der Waals surface area contributed by atoms with Gasteiger partial charge in [0, 0.05) is 32.1 Å². The topological polar surface area (TPSA) is 40.6 Å². The van der Waals surface area contributed by atoms with E-state index < -0.39 is 12.1 Å². The average molecular weight is 381 g/mol. The highest BCUT2D eigenvalue weighted by atomic mass is 35.5. The van der Waals surface area contributed by atoms with E-state index in [0.29, 0.717) is 9.92 Å². The van der Waals surface area contributed by atoms with Crippen LogP contribution in [0.3, 0.4) is 0 Å². The van der Waals surface area contributed by atoms with E-state index in [-0.39, 0.29) is 31.2 Å². The van der Waals surface area contributed by atoms with Gasteiger partial charge >= 0.3 is 12.1 Å². The van der Waals surface area contributed by atoms with Crippen LogP contribution in [0.15, 0.2) is 17.0 Å². The average Bonchev–Trinajstić information content (AvgIpc) is 2.70. The first-order valence-corrected chi connectivity index (χ1v) is 8.36. The minimum atomic E-state index is -4.88. The number of carbonyl (C=O) groups is 2. The monoisotopic (exact) mass is 380 g/mol. The van der Waals surface area contributed by atoms with E-state index in [9.17, 15) is 22.8 Å². The van der Waals surface area contributed by atoms with Crippen molar-refractivity contribution in [1.29, 1.82) is 0 Å². The number of carbonyl (C=O) groups excluding carboxylic acids is 2. The second kappa shape index (κ2) is 7.23. The van der Waals surface area contributed by atoms with Crippen LogP contribution in [0.4, 0.5) is 18.0 Å². The normalized spacial score (nSPS) is 14.8. The number of benzene rings is 1. The number of alkyl halides is 3. The highest BCUT2D eigenvalue weighted by Gasteiger charge is 2.42. The van der Waals surface area contributed by atoms with E-state index in [4.69, 9.17) is 11.6 Å². The summed E-state index contributed by atoms with van der Waals surface area (Å²) in [4.78, 5) is 26.2. The quantitative estimate of drug-likeness (QED) is 0.699. The van der Waals surface area contributed by atoms with Crippen molar-refractivity contribution in [3.8, 4) is 0 Å². The van der Waals surface area contributed by atoms with Gasteiger partial charge in [-0.1, -0.05) is 17.7 Å². The van der Waals surface area contributed by atoms with Gasteiger partial charge in [0.25, 0.3) is 5.24 Å². The van der Waals surface area contributed by atoms with Gasteiger partial charge in [0.2, 0.25) is 0 Å². The summed E-state index contributed by atoms with van der Waals surface area (Å²) in [5.74, 6) is -1.83. The van der Waals surface area contributed by atoms with Gasteiger partial charge in [-0.25, -0.2) is 0 Å². The van der Waals surface area contributed by atoms with Gasteiger partial charge in [-0.3, -0.25) is 9.59 Å². The molecule has 24 heavy (non-hydrogen) atoms. The minimum absolute atomic E-state index is 0.0152. The highest BCUT2D eigenvalue weighted by molar-refractivity contribution is 8.13. The van der Waals surface area contributed by atoms with Crippen molar-refractivity contribution in [3.05, 3.63) is 28.3 Å². The smallest absolute Gasteiger partial charge is 0.339 e. The van der Waals surface area contributed by atoms with Gasteiger partial charge in [-0.2, -0.15) is 13.2 Å². The maximum Gasteiger partial charge on any atom is 0.471 e. The molecule has 0 fully saturated rings. The first-order valence-electron chi connectivity index (χ1n) is 7.16. The molecule has 1 aliphatic rings. The fourth-order valence-electron chi connectivity index (χ4n) is 2.43. The van der Waals surface area contributed by atoms with Crippen LogP contribution in [0, 0.1) is 0 Å². The molecule has 132 valence electrons. The Morgan fingerprint density at radius 3 is 2.42 bits per heavy atom. The molecule has 0 N–H and O–H groups in total. The molecule has 9 heteroatoms. The molecule has 0 atom stereocenters. The Hall–Kier alpha value is -1.41. The molecular weight excluding hydrogens is 365 g/mol. The molecule has 4 nitrogen and oxygen atoms in total. The van der Waals surface area contributed by atoms with Crippen LogP contribution in [0.5, 0.6) is 0 Å². The lowest BCUT2D eigenvalue weighted by atomic mass is 10.0. The van der Waals surface area contributed by atoms with Crippen molar-refractivity contribution in [3.63, 3.8) is 0 Å². The largest absolute Gasteiger partial charge is 0.471 e. The summed E-state index contributed by atoms with van der Waals surface area (Å²) in [7, 11) is 3.21. The Bertz CT molecular complexity index is 665. The van der Waals surface area contributed by atoms with Crippen molar-refractivity contribution in [2.75, 3.05) is 27.2 Å². The number of halogens is 4. The molecule has 0 aromatic heterocycles. The summed E-state index contributed by atoms with van der Waals surface area (Å²) in [5, 5.41) is 0.155. The Kier molecular flexibility index (Phi) is 5.70. The summed E-state index contributed by atoms with van der Waals surface area (Å²) in [6.07, 6.45) is -4.37. The third-order valence-electron chi connectivity index (χ3n) is 3.68.